The van der Waals surface area contributed by atoms with E-state index in [9.17, 15) is 19.8 Å². The Morgan fingerprint density at radius 2 is 1.64 bits per heavy atom. The molecule has 8 nitrogen and oxygen atoms in total. The number of carboxylic acid groups (broad SMARTS) is 2. The van der Waals surface area contributed by atoms with Crippen LogP contribution < -0.4 is 4.90 Å². The molecule has 0 saturated carbocycles. The van der Waals surface area contributed by atoms with E-state index >= 15 is 0 Å². The van der Waals surface area contributed by atoms with Crippen molar-refractivity contribution < 1.29 is 19.8 Å². The van der Waals surface area contributed by atoms with Gasteiger partial charge in [-0.1, -0.05) is 90.1 Å². The zero-order chi connectivity index (χ0) is 42.4. The molecule has 0 aromatic heterocycles. The number of aliphatic carboxylic acids is 2. The van der Waals surface area contributed by atoms with Crippen molar-refractivity contribution in [1.82, 2.24) is 14.7 Å². The van der Waals surface area contributed by atoms with E-state index in [4.69, 9.17) is 0 Å². The second-order valence-electron chi connectivity index (χ2n) is 22.0. The molecule has 11 heterocycles. The molecular formula is C58H38N4O4. The quantitative estimate of drug-likeness (QED) is 0.312. The third-order valence-corrected chi connectivity index (χ3v) is 20.3. The number of piperazine rings is 1. The van der Waals surface area contributed by atoms with Crippen molar-refractivity contribution in [3.05, 3.63) is 215 Å². The van der Waals surface area contributed by atoms with Gasteiger partial charge in [-0.2, -0.15) is 0 Å². The maximum Gasteiger partial charge on any atom is 0.335 e. The number of hydrogen-bond acceptors (Lipinski definition) is 6. The maximum absolute atomic E-state index is 13.4. The van der Waals surface area contributed by atoms with Gasteiger partial charge >= 0.3 is 11.9 Å². The highest BCUT2D eigenvalue weighted by Crippen LogP contribution is 2.75. The number of piperidine rings is 2. The molecule has 0 radical (unpaired) electrons. The number of benzene rings is 1. The lowest BCUT2D eigenvalue weighted by Crippen LogP contribution is -2.81. The molecule has 0 spiro atoms. The first kappa shape index (κ1) is 32.7. The fraction of sp³-hybridized carbons (Fsp3) is 0.276. The lowest BCUT2D eigenvalue weighted by atomic mass is 9.46. The van der Waals surface area contributed by atoms with Gasteiger partial charge in [-0.3, -0.25) is 4.90 Å². The standard InChI is InChI=1S/C58H38N4O4/c63-57(64)24-16-23-12-15-38-37-9-3-8-36-30-14-11-21-17-31-25-4-1-5-26-35(58(65)66)20-33-29-7-2-6-28-27-13-10-22-18-32-34(19-24)48(23)60(38)54-46(32)50-40(22)42(27)52-55-47(39(21)43(30)53(62(50)55)56(54)59(36)37)45(31)51(44(33)41(25)26)61(52)49(28)29/h1-10,12-14,16-17,19,36,38-41,47-48,50-51,54-56H,11,15,18,20H2,(H,63,64)(H,65,66). The van der Waals surface area contributed by atoms with E-state index in [1.807, 2.05) is 6.08 Å². The smallest absolute Gasteiger partial charge is 0.335 e. The van der Waals surface area contributed by atoms with Crippen LogP contribution in [-0.2, 0) is 9.59 Å². The van der Waals surface area contributed by atoms with Crippen molar-refractivity contribution in [2.45, 2.75) is 74.0 Å². The van der Waals surface area contributed by atoms with Gasteiger partial charge < -0.3 is 24.9 Å². The van der Waals surface area contributed by atoms with Gasteiger partial charge in [-0.25, -0.2) is 9.59 Å². The number of allylic oxidation sites excluding steroid dienone is 15. The van der Waals surface area contributed by atoms with Crippen LogP contribution in [0.15, 0.2) is 203 Å². The summed E-state index contributed by atoms with van der Waals surface area (Å²) in [4.78, 5) is 38.1. The van der Waals surface area contributed by atoms with Gasteiger partial charge in [0.05, 0.1) is 59.6 Å². The van der Waals surface area contributed by atoms with E-state index in [-0.39, 0.29) is 72.0 Å². The predicted octanol–water partition coefficient (Wildman–Crippen LogP) is 7.82. The number of hydrogen-bond donors (Lipinski definition) is 2. The highest BCUT2D eigenvalue weighted by molar-refractivity contribution is 6.06. The molecule has 66 heavy (non-hydrogen) atoms. The third kappa shape index (κ3) is 2.97. The molecule has 20 rings (SSSR count). The van der Waals surface area contributed by atoms with Crippen LogP contribution in [0.1, 0.15) is 36.8 Å². The molecule has 12 atom stereocenters. The zero-order valence-corrected chi connectivity index (χ0v) is 35.5. The van der Waals surface area contributed by atoms with Crippen molar-refractivity contribution in [3.8, 4) is 0 Å². The second kappa shape index (κ2) is 9.79. The molecule has 3 saturated heterocycles. The molecule has 2 N–H and O–H groups in total. The van der Waals surface area contributed by atoms with E-state index in [0.717, 1.165) is 30.4 Å². The minimum atomic E-state index is -0.850. The number of fused-ring (bicyclic) bond motifs is 6. The lowest BCUT2D eigenvalue weighted by Gasteiger charge is -2.76. The van der Waals surface area contributed by atoms with Crippen LogP contribution in [0.3, 0.4) is 0 Å². The SMILES string of the molecule is O=C(O)C1=CC2=CCC3C4=CC=CC5C6=CCC7=CC8=C9C%10C7C6=C6C(C7C%11=C(CC%12=CC=C%13C%14=C(C%10N6C%11C%12%14)N6c%10c%13cccc%10C%10=C(C%11C8=CC=CC%11=C(C(=O)O)C%10)C96)C(=C1)C2N37)N45. The molecular weight excluding hydrogens is 817 g/mol. The fourth-order valence-corrected chi connectivity index (χ4v) is 18.8. The van der Waals surface area contributed by atoms with Crippen LogP contribution in [0.25, 0.3) is 11.1 Å². The molecule has 0 amide bonds. The van der Waals surface area contributed by atoms with Crippen molar-refractivity contribution in [2.75, 3.05) is 4.90 Å². The number of rotatable bonds is 2. The molecule has 3 fully saturated rings. The van der Waals surface area contributed by atoms with Crippen molar-refractivity contribution in [2.24, 2.45) is 23.7 Å². The van der Waals surface area contributed by atoms with Crippen LogP contribution in [0, 0.1) is 23.7 Å². The largest absolute Gasteiger partial charge is 0.478 e. The van der Waals surface area contributed by atoms with Crippen molar-refractivity contribution in [1.29, 1.82) is 0 Å². The molecule has 19 aliphatic rings. The molecule has 0 bridgehead atoms. The van der Waals surface area contributed by atoms with Gasteiger partial charge in [0.2, 0.25) is 0 Å². The second-order valence-corrected chi connectivity index (χ2v) is 22.0. The average molecular weight is 855 g/mol. The molecule has 12 unspecified atom stereocenters. The maximum atomic E-state index is 13.4. The molecule has 314 valence electrons. The summed E-state index contributed by atoms with van der Waals surface area (Å²) in [5.41, 5.74) is 31.4. The van der Waals surface area contributed by atoms with E-state index < -0.39 is 11.9 Å². The van der Waals surface area contributed by atoms with E-state index in [0.29, 0.717) is 17.6 Å². The molecule has 8 aliphatic carbocycles. The first-order valence-electron chi connectivity index (χ1n) is 24.3. The Labute approximate surface area is 379 Å². The fourth-order valence-electron chi connectivity index (χ4n) is 18.8. The van der Waals surface area contributed by atoms with Crippen LogP contribution in [0.4, 0.5) is 5.69 Å². The lowest BCUT2D eigenvalue weighted by molar-refractivity contribution is -0.133. The van der Waals surface area contributed by atoms with E-state index in [1.165, 1.54) is 89.5 Å². The summed E-state index contributed by atoms with van der Waals surface area (Å²) in [5, 5.41) is 21.6. The minimum absolute atomic E-state index is 0.0197. The van der Waals surface area contributed by atoms with Crippen LogP contribution >= 0.6 is 0 Å². The van der Waals surface area contributed by atoms with Gasteiger partial charge in [-0.15, -0.1) is 0 Å². The van der Waals surface area contributed by atoms with Gasteiger partial charge in [0.15, 0.2) is 0 Å². The molecule has 1 aromatic rings. The highest BCUT2D eigenvalue weighted by Gasteiger charge is 2.73. The Bertz CT molecular complexity index is 3640. The highest BCUT2D eigenvalue weighted by atomic mass is 16.4. The van der Waals surface area contributed by atoms with Crippen LogP contribution in [0.5, 0.6) is 0 Å². The first-order chi connectivity index (χ1) is 32.5. The number of carboxylic acids is 2. The summed E-state index contributed by atoms with van der Waals surface area (Å²) in [6, 6.07) is 7.81. The number of carbonyl (C=O) groups is 2. The monoisotopic (exact) mass is 854 g/mol. The van der Waals surface area contributed by atoms with Crippen LogP contribution in [0.2, 0.25) is 0 Å². The van der Waals surface area contributed by atoms with Crippen LogP contribution in [-0.4, -0.2) is 85.2 Å². The van der Waals surface area contributed by atoms with Gasteiger partial charge in [0, 0.05) is 63.9 Å². The number of para-hydroxylation sites is 1. The normalized spacial score (nSPS) is 40.0. The number of anilines is 1. The minimum Gasteiger partial charge on any atom is -0.478 e. The molecule has 11 aliphatic heterocycles. The summed E-state index contributed by atoms with van der Waals surface area (Å²) < 4.78 is 0. The Balaban J connectivity index is 0.971. The summed E-state index contributed by atoms with van der Waals surface area (Å²) in [5.74, 6) is -1.11. The first-order valence-corrected chi connectivity index (χ1v) is 24.3. The average Bonchev–Trinajstić information content (AvgIpc) is 3.34. The van der Waals surface area contributed by atoms with Gasteiger partial charge in [0.25, 0.3) is 0 Å². The topological polar surface area (TPSA) is 87.6 Å². The Morgan fingerprint density at radius 3 is 2.55 bits per heavy atom. The van der Waals surface area contributed by atoms with Crippen molar-refractivity contribution in [3.63, 3.8) is 0 Å². The Hall–Kier alpha value is -6.90. The summed E-state index contributed by atoms with van der Waals surface area (Å²) in [6.07, 6.45) is 33.5. The summed E-state index contributed by atoms with van der Waals surface area (Å²) in [6.45, 7) is 0. The summed E-state index contributed by atoms with van der Waals surface area (Å²) in [7, 11) is 0. The van der Waals surface area contributed by atoms with Gasteiger partial charge in [-0.05, 0) is 116 Å². The Morgan fingerprint density at radius 1 is 0.712 bits per heavy atom. The van der Waals surface area contributed by atoms with E-state index in [2.05, 4.69) is 111 Å². The third-order valence-electron chi connectivity index (χ3n) is 20.3. The van der Waals surface area contributed by atoms with E-state index in [1.54, 1.807) is 22.4 Å². The Kier molecular flexibility index (Phi) is 4.85. The van der Waals surface area contributed by atoms with Crippen molar-refractivity contribution >= 4 is 28.8 Å². The summed E-state index contributed by atoms with van der Waals surface area (Å²) >= 11 is 0. The number of nitrogens with zero attached hydrogens (tertiary/aromatic N) is 4. The van der Waals surface area contributed by atoms with Gasteiger partial charge in [0.1, 0.15) is 0 Å². The predicted molar refractivity (Wildman–Crippen MR) is 245 cm³/mol. The molecule has 8 heteroatoms. The molecule has 1 aromatic carbocycles. The zero-order valence-electron chi connectivity index (χ0n) is 35.5.